The summed E-state index contributed by atoms with van der Waals surface area (Å²) in [7, 11) is -3.46. The molecule has 2 rings (SSSR count). The zero-order valence-electron chi connectivity index (χ0n) is 11.2. The van der Waals surface area contributed by atoms with Crippen LogP contribution in [0, 0.1) is 12.3 Å². The number of sulfonamides is 1. The molecule has 1 unspecified atom stereocenters. The van der Waals surface area contributed by atoms with Gasteiger partial charge in [-0.3, -0.25) is 5.10 Å². The van der Waals surface area contributed by atoms with Crippen LogP contribution in [0.3, 0.4) is 0 Å². The van der Waals surface area contributed by atoms with Gasteiger partial charge in [0.15, 0.2) is 0 Å². The van der Waals surface area contributed by atoms with E-state index in [0.29, 0.717) is 5.69 Å². The minimum absolute atomic E-state index is 0.00514. The van der Waals surface area contributed by atoms with Crippen molar-refractivity contribution >= 4 is 10.0 Å². The minimum Gasteiger partial charge on any atom is -0.281 e. The maximum Gasteiger partial charge on any atom is 0.244 e. The molecule has 102 valence electrons. The van der Waals surface area contributed by atoms with Crippen molar-refractivity contribution in [1.29, 1.82) is 0 Å². The second kappa shape index (κ2) is 4.66. The van der Waals surface area contributed by atoms with Gasteiger partial charge in [0.1, 0.15) is 4.90 Å². The van der Waals surface area contributed by atoms with Gasteiger partial charge in [-0.2, -0.15) is 5.10 Å². The minimum atomic E-state index is -3.46. The first-order valence-corrected chi connectivity index (χ1v) is 7.83. The van der Waals surface area contributed by atoms with Crippen molar-refractivity contribution in [2.45, 2.75) is 57.4 Å². The predicted octanol–water partition coefficient (Wildman–Crippen LogP) is 1.97. The van der Waals surface area contributed by atoms with Crippen LogP contribution in [0.1, 0.15) is 45.2 Å². The van der Waals surface area contributed by atoms with Crippen molar-refractivity contribution in [3.63, 3.8) is 0 Å². The third-order valence-corrected chi connectivity index (χ3v) is 5.46. The molecule has 0 aromatic carbocycles. The van der Waals surface area contributed by atoms with Crippen LogP contribution in [0.15, 0.2) is 11.1 Å². The van der Waals surface area contributed by atoms with Crippen molar-refractivity contribution < 1.29 is 8.42 Å². The summed E-state index contributed by atoms with van der Waals surface area (Å²) in [6.45, 7) is 5.97. The van der Waals surface area contributed by atoms with Crippen molar-refractivity contribution in [3.8, 4) is 0 Å². The standard InChI is InChI=1S/C12H21N3O2S/c1-9-10(8-13-14-9)18(16,17)15-11-6-4-5-7-12(11,2)3/h8,11,15H,4-7H2,1-3H3,(H,13,14). The molecular formula is C12H21N3O2S. The highest BCUT2D eigenvalue weighted by molar-refractivity contribution is 7.89. The Hall–Kier alpha value is -0.880. The molecule has 0 aliphatic heterocycles. The predicted molar refractivity (Wildman–Crippen MR) is 69.7 cm³/mol. The zero-order valence-corrected chi connectivity index (χ0v) is 12.0. The molecule has 0 radical (unpaired) electrons. The van der Waals surface area contributed by atoms with Crippen LogP contribution in [-0.4, -0.2) is 24.7 Å². The Bertz CT molecular complexity index is 519. The molecule has 1 fully saturated rings. The van der Waals surface area contributed by atoms with E-state index in [4.69, 9.17) is 0 Å². The summed E-state index contributed by atoms with van der Waals surface area (Å²) in [6.07, 6.45) is 5.60. The van der Waals surface area contributed by atoms with Crippen molar-refractivity contribution in [2.24, 2.45) is 5.41 Å². The highest BCUT2D eigenvalue weighted by Crippen LogP contribution is 2.36. The maximum absolute atomic E-state index is 12.3. The number of aryl methyl sites for hydroxylation is 1. The van der Waals surface area contributed by atoms with E-state index in [1.54, 1.807) is 6.92 Å². The fourth-order valence-electron chi connectivity index (χ4n) is 2.57. The molecule has 5 nitrogen and oxygen atoms in total. The number of nitrogens with zero attached hydrogens (tertiary/aromatic N) is 1. The number of nitrogens with one attached hydrogen (secondary N) is 2. The largest absolute Gasteiger partial charge is 0.281 e. The van der Waals surface area contributed by atoms with Gasteiger partial charge in [0.05, 0.1) is 11.9 Å². The summed E-state index contributed by atoms with van der Waals surface area (Å²) in [4.78, 5) is 0.254. The molecule has 0 amide bonds. The van der Waals surface area contributed by atoms with E-state index >= 15 is 0 Å². The Morgan fingerprint density at radius 1 is 1.44 bits per heavy atom. The molecule has 0 bridgehead atoms. The summed E-state index contributed by atoms with van der Waals surface area (Å²) < 4.78 is 27.4. The zero-order chi connectivity index (χ0) is 13.4. The fraction of sp³-hybridized carbons (Fsp3) is 0.750. The first kappa shape index (κ1) is 13.5. The average Bonchev–Trinajstić information content (AvgIpc) is 2.68. The van der Waals surface area contributed by atoms with E-state index in [2.05, 4.69) is 28.8 Å². The molecule has 0 spiro atoms. The third-order valence-electron chi connectivity index (χ3n) is 3.88. The molecule has 1 atom stereocenters. The second-order valence-corrected chi connectivity index (χ2v) is 7.45. The SMILES string of the molecule is Cc1[nH]ncc1S(=O)(=O)NC1CCCCC1(C)C. The lowest BCUT2D eigenvalue weighted by Crippen LogP contribution is -2.46. The quantitative estimate of drug-likeness (QED) is 0.882. The molecular weight excluding hydrogens is 250 g/mol. The summed E-state index contributed by atoms with van der Waals surface area (Å²) >= 11 is 0. The van der Waals surface area contributed by atoms with Crippen LogP contribution in [-0.2, 0) is 10.0 Å². The lowest BCUT2D eigenvalue weighted by Gasteiger charge is -2.38. The van der Waals surface area contributed by atoms with Crippen LogP contribution in [0.2, 0.25) is 0 Å². The van der Waals surface area contributed by atoms with Crippen LogP contribution in [0.25, 0.3) is 0 Å². The molecule has 6 heteroatoms. The Labute approximate surface area is 108 Å². The summed E-state index contributed by atoms with van der Waals surface area (Å²) in [5.74, 6) is 0. The van der Waals surface area contributed by atoms with E-state index in [0.717, 1.165) is 19.3 Å². The van der Waals surface area contributed by atoms with Gasteiger partial charge in [0, 0.05) is 6.04 Å². The van der Waals surface area contributed by atoms with E-state index in [-0.39, 0.29) is 16.4 Å². The highest BCUT2D eigenvalue weighted by atomic mass is 32.2. The van der Waals surface area contributed by atoms with Crippen LogP contribution in [0.4, 0.5) is 0 Å². The fourth-order valence-corrected chi connectivity index (χ4v) is 4.15. The molecule has 1 aromatic rings. The summed E-state index contributed by atoms with van der Waals surface area (Å²) in [5, 5.41) is 6.44. The van der Waals surface area contributed by atoms with Gasteiger partial charge < -0.3 is 0 Å². The third kappa shape index (κ3) is 2.59. The van der Waals surface area contributed by atoms with Gasteiger partial charge in [0.2, 0.25) is 10.0 Å². The van der Waals surface area contributed by atoms with Gasteiger partial charge in [-0.15, -0.1) is 0 Å². The van der Waals surface area contributed by atoms with Gasteiger partial charge in [0.25, 0.3) is 0 Å². The Balaban J connectivity index is 2.21. The van der Waals surface area contributed by atoms with E-state index < -0.39 is 10.0 Å². The van der Waals surface area contributed by atoms with Gasteiger partial charge >= 0.3 is 0 Å². The number of aromatic amines is 1. The second-order valence-electron chi connectivity index (χ2n) is 5.77. The number of H-pyrrole nitrogens is 1. The van der Waals surface area contributed by atoms with Crippen LogP contribution < -0.4 is 4.72 Å². The molecule has 2 N–H and O–H groups in total. The Morgan fingerprint density at radius 2 is 2.17 bits per heavy atom. The van der Waals surface area contributed by atoms with Crippen LogP contribution >= 0.6 is 0 Å². The van der Waals surface area contributed by atoms with Crippen LogP contribution in [0.5, 0.6) is 0 Å². The maximum atomic E-state index is 12.3. The van der Waals surface area contributed by atoms with Gasteiger partial charge in [-0.1, -0.05) is 26.7 Å². The van der Waals surface area contributed by atoms with E-state index in [1.807, 2.05) is 0 Å². The molecule has 18 heavy (non-hydrogen) atoms. The molecule has 1 aliphatic carbocycles. The van der Waals surface area contributed by atoms with Crippen molar-refractivity contribution in [1.82, 2.24) is 14.9 Å². The van der Waals surface area contributed by atoms with E-state index in [1.165, 1.54) is 12.6 Å². The molecule has 0 saturated heterocycles. The highest BCUT2D eigenvalue weighted by Gasteiger charge is 2.35. The lowest BCUT2D eigenvalue weighted by molar-refractivity contribution is 0.188. The summed E-state index contributed by atoms with van der Waals surface area (Å²) in [6, 6.07) is 0.00514. The normalized spacial score (nSPS) is 24.1. The van der Waals surface area contributed by atoms with Crippen molar-refractivity contribution in [2.75, 3.05) is 0 Å². The first-order valence-electron chi connectivity index (χ1n) is 6.35. The molecule has 1 saturated carbocycles. The molecule has 1 heterocycles. The smallest absolute Gasteiger partial charge is 0.244 e. The Kier molecular flexibility index (Phi) is 3.51. The van der Waals surface area contributed by atoms with Gasteiger partial charge in [-0.05, 0) is 25.2 Å². The number of aromatic nitrogens is 2. The molecule has 1 aromatic heterocycles. The monoisotopic (exact) mass is 271 g/mol. The average molecular weight is 271 g/mol. The summed E-state index contributed by atoms with van der Waals surface area (Å²) in [5.41, 5.74) is 0.597. The Morgan fingerprint density at radius 3 is 2.72 bits per heavy atom. The first-order chi connectivity index (χ1) is 8.33. The van der Waals surface area contributed by atoms with Gasteiger partial charge in [-0.25, -0.2) is 13.1 Å². The van der Waals surface area contributed by atoms with Crippen molar-refractivity contribution in [3.05, 3.63) is 11.9 Å². The van der Waals surface area contributed by atoms with E-state index in [9.17, 15) is 8.42 Å². The topological polar surface area (TPSA) is 74.8 Å². The number of hydrogen-bond acceptors (Lipinski definition) is 3. The lowest BCUT2D eigenvalue weighted by atomic mass is 9.74. The molecule has 1 aliphatic rings. The number of rotatable bonds is 3. The number of hydrogen-bond donors (Lipinski definition) is 2.